The van der Waals surface area contributed by atoms with Gasteiger partial charge in [-0.25, -0.2) is 0 Å². The van der Waals surface area contributed by atoms with Crippen molar-refractivity contribution in [1.29, 1.82) is 0 Å². The number of nitrogens with two attached hydrogens (primary N) is 1. The lowest BCUT2D eigenvalue weighted by Gasteiger charge is -2.36. The smallest absolute Gasteiger partial charge is 0.226 e. The average molecular weight is 317 g/mol. The minimum Gasteiger partial charge on any atom is -0.341 e. The van der Waals surface area contributed by atoms with Crippen molar-refractivity contribution in [3.05, 3.63) is 0 Å². The number of hydrogen-bond donors (Lipinski definition) is 1. The molecule has 124 valence electrons. The standard InChI is InChI=1S/C17H32N2O.ClH/c1-13(2)16(11-14-7-4-3-5-8-14)17(20)19-10-6-9-15(18)12-19;/h13-16H,3-12,18H2,1-2H3;1H. The van der Waals surface area contributed by atoms with Crippen LogP contribution < -0.4 is 5.73 Å². The summed E-state index contributed by atoms with van der Waals surface area (Å²) in [6.45, 7) is 6.09. The largest absolute Gasteiger partial charge is 0.341 e. The molecule has 0 bridgehead atoms. The molecular formula is C17H33ClN2O. The predicted molar refractivity (Wildman–Crippen MR) is 90.6 cm³/mol. The maximum atomic E-state index is 12.8. The molecule has 0 spiro atoms. The summed E-state index contributed by atoms with van der Waals surface area (Å²) in [5.74, 6) is 1.81. The van der Waals surface area contributed by atoms with Crippen molar-refractivity contribution < 1.29 is 4.79 Å². The lowest BCUT2D eigenvalue weighted by atomic mass is 9.78. The summed E-state index contributed by atoms with van der Waals surface area (Å²) in [5.41, 5.74) is 6.03. The topological polar surface area (TPSA) is 46.3 Å². The molecule has 0 radical (unpaired) electrons. The Labute approximate surface area is 136 Å². The first kappa shape index (κ1) is 18.8. The third kappa shape index (κ3) is 5.45. The highest BCUT2D eigenvalue weighted by Gasteiger charge is 2.31. The second-order valence-electron chi connectivity index (χ2n) is 7.28. The van der Waals surface area contributed by atoms with Crippen molar-refractivity contribution in [3.8, 4) is 0 Å². The third-order valence-corrected chi connectivity index (χ3v) is 5.20. The molecule has 2 unspecified atom stereocenters. The molecule has 1 heterocycles. The number of hydrogen-bond acceptors (Lipinski definition) is 2. The summed E-state index contributed by atoms with van der Waals surface area (Å²) >= 11 is 0. The van der Waals surface area contributed by atoms with Crippen LogP contribution in [0.1, 0.15) is 65.2 Å². The zero-order valence-corrected chi connectivity index (χ0v) is 14.5. The lowest BCUT2D eigenvalue weighted by Crippen LogP contribution is -2.48. The summed E-state index contributed by atoms with van der Waals surface area (Å²) in [4.78, 5) is 14.9. The van der Waals surface area contributed by atoms with Crippen LogP contribution >= 0.6 is 12.4 Å². The van der Waals surface area contributed by atoms with E-state index in [9.17, 15) is 4.79 Å². The number of amides is 1. The first-order valence-electron chi connectivity index (χ1n) is 8.62. The number of halogens is 1. The van der Waals surface area contributed by atoms with Crippen LogP contribution in [0.4, 0.5) is 0 Å². The second-order valence-corrected chi connectivity index (χ2v) is 7.28. The number of rotatable bonds is 4. The van der Waals surface area contributed by atoms with Crippen molar-refractivity contribution in [1.82, 2.24) is 4.90 Å². The van der Waals surface area contributed by atoms with Gasteiger partial charge < -0.3 is 10.6 Å². The second kappa shape index (κ2) is 8.99. The molecule has 2 atom stereocenters. The number of piperidine rings is 1. The minimum absolute atomic E-state index is 0. The molecule has 21 heavy (non-hydrogen) atoms. The Kier molecular flexibility index (Phi) is 8.04. The van der Waals surface area contributed by atoms with Crippen LogP contribution in [-0.2, 0) is 4.79 Å². The molecule has 3 nitrogen and oxygen atoms in total. The highest BCUT2D eigenvalue weighted by molar-refractivity contribution is 5.85. The molecule has 2 aliphatic rings. The number of nitrogens with zero attached hydrogens (tertiary/aromatic N) is 1. The third-order valence-electron chi connectivity index (χ3n) is 5.20. The summed E-state index contributed by atoms with van der Waals surface area (Å²) in [6.07, 6.45) is 10.0. The molecule has 1 aliphatic carbocycles. The molecular weight excluding hydrogens is 284 g/mol. The molecule has 0 aromatic carbocycles. The van der Waals surface area contributed by atoms with Gasteiger partial charge in [-0.1, -0.05) is 46.0 Å². The van der Waals surface area contributed by atoms with Crippen LogP contribution in [0.15, 0.2) is 0 Å². The Bertz CT molecular complexity index is 316. The molecule has 1 saturated heterocycles. The van der Waals surface area contributed by atoms with E-state index in [1.807, 2.05) is 4.90 Å². The first-order valence-corrected chi connectivity index (χ1v) is 8.62. The van der Waals surface area contributed by atoms with E-state index in [4.69, 9.17) is 5.73 Å². The highest BCUT2D eigenvalue weighted by Crippen LogP contribution is 2.32. The fourth-order valence-electron chi connectivity index (χ4n) is 3.88. The van der Waals surface area contributed by atoms with Gasteiger partial charge >= 0.3 is 0 Å². The van der Waals surface area contributed by atoms with Gasteiger partial charge in [0.25, 0.3) is 0 Å². The maximum Gasteiger partial charge on any atom is 0.226 e. The molecule has 0 aromatic rings. The van der Waals surface area contributed by atoms with E-state index in [0.717, 1.165) is 38.3 Å². The van der Waals surface area contributed by atoms with Gasteiger partial charge in [-0.2, -0.15) is 0 Å². The Morgan fingerprint density at radius 3 is 2.38 bits per heavy atom. The zero-order valence-electron chi connectivity index (χ0n) is 13.7. The van der Waals surface area contributed by atoms with Crippen LogP contribution in [0.2, 0.25) is 0 Å². The number of carbonyl (C=O) groups excluding carboxylic acids is 1. The van der Waals surface area contributed by atoms with Crippen molar-refractivity contribution in [2.24, 2.45) is 23.5 Å². The van der Waals surface area contributed by atoms with Crippen LogP contribution in [0.25, 0.3) is 0 Å². The highest BCUT2D eigenvalue weighted by atomic mass is 35.5. The van der Waals surface area contributed by atoms with Gasteiger partial charge in [0.1, 0.15) is 0 Å². The summed E-state index contributed by atoms with van der Waals surface area (Å²) in [6, 6.07) is 0.190. The Morgan fingerprint density at radius 1 is 1.14 bits per heavy atom. The van der Waals surface area contributed by atoms with E-state index >= 15 is 0 Å². The lowest BCUT2D eigenvalue weighted by molar-refractivity contribution is -0.139. The van der Waals surface area contributed by atoms with E-state index < -0.39 is 0 Å². The predicted octanol–water partition coefficient (Wildman–Crippen LogP) is 3.60. The minimum atomic E-state index is 0. The van der Waals surface area contributed by atoms with Crippen LogP contribution in [0.3, 0.4) is 0 Å². The number of carbonyl (C=O) groups is 1. The molecule has 2 rings (SSSR count). The molecule has 1 saturated carbocycles. The van der Waals surface area contributed by atoms with Crippen molar-refractivity contribution >= 4 is 18.3 Å². The van der Waals surface area contributed by atoms with Gasteiger partial charge in [0, 0.05) is 25.0 Å². The van der Waals surface area contributed by atoms with Crippen LogP contribution in [-0.4, -0.2) is 29.9 Å². The van der Waals surface area contributed by atoms with Crippen LogP contribution in [0.5, 0.6) is 0 Å². The number of likely N-dealkylation sites (tertiary alicyclic amines) is 1. The van der Waals surface area contributed by atoms with E-state index in [0.29, 0.717) is 11.8 Å². The Morgan fingerprint density at radius 2 is 1.81 bits per heavy atom. The molecule has 4 heteroatoms. The zero-order chi connectivity index (χ0) is 14.5. The van der Waals surface area contributed by atoms with Gasteiger partial charge in [-0.15, -0.1) is 12.4 Å². The van der Waals surface area contributed by atoms with E-state index in [1.165, 1.54) is 32.1 Å². The maximum absolute atomic E-state index is 12.8. The molecule has 0 aromatic heterocycles. The van der Waals surface area contributed by atoms with Crippen molar-refractivity contribution in [2.45, 2.75) is 71.3 Å². The Balaban J connectivity index is 0.00000220. The van der Waals surface area contributed by atoms with E-state index in [2.05, 4.69) is 13.8 Å². The van der Waals surface area contributed by atoms with Crippen molar-refractivity contribution in [3.63, 3.8) is 0 Å². The van der Waals surface area contributed by atoms with Gasteiger partial charge in [0.05, 0.1) is 0 Å². The molecule has 1 aliphatic heterocycles. The van der Waals surface area contributed by atoms with E-state index in [-0.39, 0.29) is 24.4 Å². The fourth-order valence-corrected chi connectivity index (χ4v) is 3.88. The summed E-state index contributed by atoms with van der Waals surface area (Å²) in [5, 5.41) is 0. The van der Waals surface area contributed by atoms with Gasteiger partial charge in [-0.05, 0) is 31.1 Å². The van der Waals surface area contributed by atoms with Crippen LogP contribution in [0, 0.1) is 17.8 Å². The monoisotopic (exact) mass is 316 g/mol. The van der Waals surface area contributed by atoms with Gasteiger partial charge in [0.2, 0.25) is 5.91 Å². The molecule has 1 amide bonds. The van der Waals surface area contributed by atoms with Gasteiger partial charge in [-0.3, -0.25) is 4.79 Å². The molecule has 2 fully saturated rings. The van der Waals surface area contributed by atoms with E-state index in [1.54, 1.807) is 0 Å². The summed E-state index contributed by atoms with van der Waals surface area (Å²) in [7, 11) is 0. The SMILES string of the molecule is CC(C)C(CC1CCCCC1)C(=O)N1CCCC(N)C1.Cl. The quantitative estimate of drug-likeness (QED) is 0.861. The van der Waals surface area contributed by atoms with Gasteiger partial charge in [0.15, 0.2) is 0 Å². The fraction of sp³-hybridized carbons (Fsp3) is 0.941. The van der Waals surface area contributed by atoms with Crippen molar-refractivity contribution in [2.75, 3.05) is 13.1 Å². The average Bonchev–Trinajstić information content (AvgIpc) is 2.45. The Hall–Kier alpha value is -0.280. The normalized spacial score (nSPS) is 25.5. The molecule has 2 N–H and O–H groups in total. The first-order chi connectivity index (χ1) is 9.58. The summed E-state index contributed by atoms with van der Waals surface area (Å²) < 4.78 is 0.